The van der Waals surface area contributed by atoms with Crippen LogP contribution in [0.25, 0.3) is 0 Å². The number of hydrogen-bond acceptors (Lipinski definition) is 1. The summed E-state index contributed by atoms with van der Waals surface area (Å²) in [6.45, 7) is 2.05. The quantitative estimate of drug-likeness (QED) is 0.315. The Balaban J connectivity index is 3.80. The van der Waals surface area contributed by atoms with E-state index >= 15 is 0 Å². The van der Waals surface area contributed by atoms with Crippen LogP contribution in [0.2, 0.25) is 0 Å². The average Bonchev–Trinajstić information content (AvgIpc) is 2.49. The fourth-order valence-corrected chi connectivity index (χ4v) is 3.67. The van der Waals surface area contributed by atoms with E-state index in [1.165, 1.54) is 0 Å². The maximum Gasteiger partial charge on any atom is 0.303 e. The summed E-state index contributed by atoms with van der Waals surface area (Å²) in [7, 11) is 0. The molecule has 0 radical (unpaired) electrons. The molecule has 0 aromatic rings. The molecule has 0 aliphatic carbocycles. The zero-order valence-electron chi connectivity index (χ0n) is 13.5. The van der Waals surface area contributed by atoms with Gasteiger partial charge < -0.3 is 5.11 Å². The Kier molecular flexibility index (Phi) is 14.7. The zero-order valence-corrected chi connectivity index (χ0v) is 17.3. The first kappa shape index (κ1) is 23.9. The highest BCUT2D eigenvalue weighted by molar-refractivity contribution is 6.30. The zero-order chi connectivity index (χ0) is 17.8. The van der Waals surface area contributed by atoms with Gasteiger partial charge in [-0.3, -0.25) is 4.79 Å². The van der Waals surface area contributed by atoms with Gasteiger partial charge in [0, 0.05) is 33.3 Å². The van der Waals surface area contributed by atoms with Crippen molar-refractivity contribution in [2.24, 2.45) is 0 Å². The van der Waals surface area contributed by atoms with Crippen LogP contribution in [0.3, 0.4) is 0 Å². The van der Waals surface area contributed by atoms with Gasteiger partial charge >= 0.3 is 5.97 Å². The third kappa shape index (κ3) is 13.8. The van der Waals surface area contributed by atoms with E-state index in [2.05, 4.69) is 6.92 Å². The second kappa shape index (κ2) is 14.1. The lowest BCUT2D eigenvalue weighted by Crippen LogP contribution is -2.17. The van der Waals surface area contributed by atoms with Crippen molar-refractivity contribution in [1.82, 2.24) is 0 Å². The number of aliphatic carboxylic acids is 1. The predicted octanol–water partition coefficient (Wildman–Crippen LogP) is 6.64. The molecule has 0 rings (SSSR count). The van der Waals surface area contributed by atoms with Gasteiger partial charge in [-0.15, -0.1) is 58.0 Å². The lowest BCUT2D eigenvalue weighted by molar-refractivity contribution is -0.137. The molecule has 0 heterocycles. The Morgan fingerprint density at radius 2 is 1.43 bits per heavy atom. The van der Waals surface area contributed by atoms with E-state index in [9.17, 15) is 4.79 Å². The van der Waals surface area contributed by atoms with Gasteiger partial charge in [-0.1, -0.05) is 13.3 Å². The van der Waals surface area contributed by atoms with Gasteiger partial charge in [-0.2, -0.15) is 0 Å². The lowest BCUT2D eigenvalue weighted by Gasteiger charge is -2.18. The van der Waals surface area contributed by atoms with E-state index < -0.39 is 5.97 Å². The Morgan fingerprint density at radius 3 is 2.00 bits per heavy atom. The van der Waals surface area contributed by atoms with Crippen molar-refractivity contribution in [2.75, 3.05) is 0 Å². The summed E-state index contributed by atoms with van der Waals surface area (Å²) < 4.78 is 0. The summed E-state index contributed by atoms with van der Waals surface area (Å²) in [5.74, 6) is -0.828. The molecular weight excluding hydrogens is 401 g/mol. The Bertz CT molecular complexity index is 317. The Morgan fingerprint density at radius 1 is 0.826 bits per heavy atom. The van der Waals surface area contributed by atoms with Crippen molar-refractivity contribution < 1.29 is 9.90 Å². The van der Waals surface area contributed by atoms with E-state index in [-0.39, 0.29) is 33.3 Å². The van der Waals surface area contributed by atoms with Crippen molar-refractivity contribution in [3.8, 4) is 0 Å². The van der Waals surface area contributed by atoms with Crippen LogP contribution in [0, 0.1) is 0 Å². The lowest BCUT2D eigenvalue weighted by atomic mass is 10.0. The number of rotatable bonds is 14. The predicted molar refractivity (Wildman–Crippen MR) is 103 cm³/mol. The van der Waals surface area contributed by atoms with Crippen LogP contribution in [0.1, 0.15) is 64.7 Å². The monoisotopic (exact) mass is 426 g/mol. The normalized spacial score (nSPS) is 18.2. The highest BCUT2D eigenvalue weighted by atomic mass is 35.5. The number of carbonyl (C=O) groups is 1. The van der Waals surface area contributed by atoms with Crippen LogP contribution in [-0.4, -0.2) is 38.0 Å². The van der Waals surface area contributed by atoms with E-state index in [4.69, 9.17) is 63.1 Å². The van der Waals surface area contributed by atoms with Crippen LogP contribution in [0.5, 0.6) is 0 Å². The average molecular weight is 429 g/mol. The largest absolute Gasteiger partial charge is 0.481 e. The van der Waals surface area contributed by atoms with E-state index in [0.29, 0.717) is 19.3 Å². The summed E-state index contributed by atoms with van der Waals surface area (Å²) in [6, 6.07) is 0. The molecule has 0 aliphatic heterocycles. The first-order valence-corrected chi connectivity index (χ1v) is 10.4. The molecule has 7 heteroatoms. The number of alkyl halides is 5. The molecule has 5 atom stereocenters. The molecule has 0 fully saturated rings. The molecule has 0 aliphatic rings. The second-order valence-electron chi connectivity index (χ2n) is 5.91. The Hall–Kier alpha value is 0.920. The summed E-state index contributed by atoms with van der Waals surface area (Å²) in [6.07, 6.45) is 6.25. The van der Waals surface area contributed by atoms with Crippen LogP contribution < -0.4 is 0 Å². The van der Waals surface area contributed by atoms with Crippen LogP contribution in [0.4, 0.5) is 0 Å². The van der Waals surface area contributed by atoms with Gasteiger partial charge in [0.25, 0.3) is 0 Å². The SMILES string of the molecule is CCC(Cl)CC(Cl)CCCC(Cl)C(Cl)CCC(Cl)CCC(=O)O. The van der Waals surface area contributed by atoms with Gasteiger partial charge in [0.15, 0.2) is 0 Å². The van der Waals surface area contributed by atoms with E-state index in [1.807, 2.05) is 0 Å². The third-order valence-electron chi connectivity index (χ3n) is 3.77. The fraction of sp³-hybridized carbons (Fsp3) is 0.938. The minimum Gasteiger partial charge on any atom is -0.481 e. The van der Waals surface area contributed by atoms with Gasteiger partial charge in [-0.25, -0.2) is 0 Å². The maximum atomic E-state index is 10.5. The topological polar surface area (TPSA) is 37.3 Å². The van der Waals surface area contributed by atoms with E-state index in [1.54, 1.807) is 0 Å². The molecule has 23 heavy (non-hydrogen) atoms. The summed E-state index contributed by atoms with van der Waals surface area (Å²) in [5.41, 5.74) is 0. The highest BCUT2D eigenvalue weighted by Gasteiger charge is 2.19. The van der Waals surface area contributed by atoms with Gasteiger partial charge in [0.05, 0.1) is 0 Å². The van der Waals surface area contributed by atoms with Crippen molar-refractivity contribution in [1.29, 1.82) is 0 Å². The number of carboxylic acid groups (broad SMARTS) is 1. The van der Waals surface area contributed by atoms with Crippen LogP contribution >= 0.6 is 58.0 Å². The molecule has 0 spiro atoms. The standard InChI is InChI=1S/C16H27Cl5O2/c1-2-11(17)10-13(19)4-3-5-14(20)15(21)8-6-12(18)7-9-16(22)23/h11-15H,2-10H2,1H3,(H,22,23). The van der Waals surface area contributed by atoms with Gasteiger partial charge in [0.2, 0.25) is 0 Å². The molecule has 2 nitrogen and oxygen atoms in total. The molecule has 0 saturated heterocycles. The second-order valence-corrected chi connectivity index (χ2v) is 8.88. The van der Waals surface area contributed by atoms with E-state index in [0.717, 1.165) is 32.1 Å². The molecule has 5 unspecified atom stereocenters. The minimum absolute atomic E-state index is 0.0818. The van der Waals surface area contributed by atoms with Crippen molar-refractivity contribution in [3.05, 3.63) is 0 Å². The van der Waals surface area contributed by atoms with Crippen molar-refractivity contribution >= 4 is 64.0 Å². The molecule has 138 valence electrons. The molecule has 0 aromatic heterocycles. The molecule has 0 bridgehead atoms. The van der Waals surface area contributed by atoms with Gasteiger partial charge in [0.1, 0.15) is 0 Å². The fourth-order valence-electron chi connectivity index (χ4n) is 2.22. The molecule has 0 saturated carbocycles. The summed E-state index contributed by atoms with van der Waals surface area (Å²) >= 11 is 31.0. The molecular formula is C16H27Cl5O2. The smallest absolute Gasteiger partial charge is 0.303 e. The molecule has 0 amide bonds. The Labute approximate surface area is 165 Å². The first-order chi connectivity index (χ1) is 10.8. The maximum absolute atomic E-state index is 10.5. The minimum atomic E-state index is -0.828. The molecule has 1 N–H and O–H groups in total. The summed E-state index contributed by atoms with van der Waals surface area (Å²) in [4.78, 5) is 10.5. The number of hydrogen-bond donors (Lipinski definition) is 1. The van der Waals surface area contributed by atoms with Crippen molar-refractivity contribution in [2.45, 2.75) is 91.6 Å². The first-order valence-electron chi connectivity index (χ1n) is 8.18. The third-order valence-corrected chi connectivity index (χ3v) is 6.26. The van der Waals surface area contributed by atoms with Crippen molar-refractivity contribution in [3.63, 3.8) is 0 Å². The summed E-state index contributed by atoms with van der Waals surface area (Å²) in [5, 5.41) is 8.38. The van der Waals surface area contributed by atoms with Gasteiger partial charge in [-0.05, 0) is 44.9 Å². The highest BCUT2D eigenvalue weighted by Crippen LogP contribution is 2.25. The molecule has 0 aromatic carbocycles. The van der Waals surface area contributed by atoms with Crippen LogP contribution in [-0.2, 0) is 4.79 Å². The number of halogens is 5. The van der Waals surface area contributed by atoms with Crippen LogP contribution in [0.15, 0.2) is 0 Å². The number of carboxylic acids is 1.